The van der Waals surface area contributed by atoms with E-state index in [1.54, 1.807) is 6.26 Å². The number of aliphatic imine (C=N–C) groups is 1. The van der Waals surface area contributed by atoms with Gasteiger partial charge in [-0.2, -0.15) is 0 Å². The van der Waals surface area contributed by atoms with Gasteiger partial charge in [0.05, 0.1) is 5.69 Å². The molecule has 1 aromatic carbocycles. The molecule has 0 aliphatic heterocycles. The van der Waals surface area contributed by atoms with E-state index in [2.05, 4.69) is 67.4 Å². The molecule has 0 aliphatic rings. The van der Waals surface area contributed by atoms with Gasteiger partial charge in [-0.3, -0.25) is 4.99 Å². The van der Waals surface area contributed by atoms with Crippen LogP contribution in [0.3, 0.4) is 0 Å². The standard InChI is InChI=1S/C20H30N4O.HI/c1-6-21-20(23-16(5)14(2)3)22-12-11-18-13-25-19(24-18)17-9-7-15(4)8-10-17;/h7-10,13-14,16H,6,11-12H2,1-5H3,(H2,21,22,23);1H. The van der Waals surface area contributed by atoms with Crippen LogP contribution in [0.25, 0.3) is 11.5 Å². The van der Waals surface area contributed by atoms with Crippen molar-refractivity contribution in [3.63, 3.8) is 0 Å². The predicted molar refractivity (Wildman–Crippen MR) is 119 cm³/mol. The molecule has 5 nitrogen and oxygen atoms in total. The molecule has 0 radical (unpaired) electrons. The van der Waals surface area contributed by atoms with Gasteiger partial charge < -0.3 is 15.1 Å². The fraction of sp³-hybridized carbons (Fsp3) is 0.500. The molecular weight excluding hydrogens is 439 g/mol. The van der Waals surface area contributed by atoms with Crippen LogP contribution in [-0.4, -0.2) is 30.1 Å². The van der Waals surface area contributed by atoms with Crippen LogP contribution < -0.4 is 10.6 Å². The maximum absolute atomic E-state index is 5.60. The van der Waals surface area contributed by atoms with Crippen LogP contribution >= 0.6 is 24.0 Å². The largest absolute Gasteiger partial charge is 0.444 e. The highest BCUT2D eigenvalue weighted by Gasteiger charge is 2.09. The molecule has 1 heterocycles. The number of rotatable bonds is 7. The molecule has 0 spiro atoms. The number of nitrogens with zero attached hydrogens (tertiary/aromatic N) is 2. The van der Waals surface area contributed by atoms with Crippen LogP contribution in [-0.2, 0) is 6.42 Å². The number of aromatic nitrogens is 1. The van der Waals surface area contributed by atoms with E-state index in [4.69, 9.17) is 4.42 Å². The monoisotopic (exact) mass is 470 g/mol. The summed E-state index contributed by atoms with van der Waals surface area (Å²) in [7, 11) is 0. The summed E-state index contributed by atoms with van der Waals surface area (Å²) in [6.45, 7) is 12.2. The number of guanidine groups is 1. The van der Waals surface area contributed by atoms with E-state index in [1.807, 2.05) is 12.1 Å². The third-order valence-corrected chi connectivity index (χ3v) is 4.20. The average molecular weight is 470 g/mol. The molecule has 2 aromatic rings. The Balaban J connectivity index is 0.00000338. The summed E-state index contributed by atoms with van der Waals surface area (Å²) in [5.74, 6) is 2.07. The number of oxazole rings is 1. The second-order valence-electron chi connectivity index (χ2n) is 6.70. The Hall–Kier alpha value is -1.57. The number of aryl methyl sites for hydroxylation is 1. The van der Waals surface area contributed by atoms with Gasteiger partial charge in [0.2, 0.25) is 5.89 Å². The fourth-order valence-electron chi connectivity index (χ4n) is 2.24. The number of halogens is 1. The Labute approximate surface area is 174 Å². The van der Waals surface area contributed by atoms with Crippen molar-refractivity contribution in [3.8, 4) is 11.5 Å². The maximum atomic E-state index is 5.60. The van der Waals surface area contributed by atoms with E-state index in [0.29, 0.717) is 24.4 Å². The third kappa shape index (κ3) is 6.97. The van der Waals surface area contributed by atoms with Crippen molar-refractivity contribution in [3.05, 3.63) is 41.8 Å². The molecule has 0 saturated carbocycles. The van der Waals surface area contributed by atoms with Crippen molar-refractivity contribution in [1.29, 1.82) is 0 Å². The lowest BCUT2D eigenvalue weighted by atomic mass is 10.1. The number of benzene rings is 1. The van der Waals surface area contributed by atoms with E-state index < -0.39 is 0 Å². The minimum Gasteiger partial charge on any atom is -0.444 e. The maximum Gasteiger partial charge on any atom is 0.226 e. The minimum absolute atomic E-state index is 0. The van der Waals surface area contributed by atoms with Gasteiger partial charge in [0.1, 0.15) is 6.26 Å². The molecular formula is C20H31IN4O. The zero-order valence-corrected chi connectivity index (χ0v) is 18.7. The summed E-state index contributed by atoms with van der Waals surface area (Å²) in [5.41, 5.74) is 3.15. The highest BCUT2D eigenvalue weighted by Crippen LogP contribution is 2.19. The molecule has 144 valence electrons. The van der Waals surface area contributed by atoms with Gasteiger partial charge in [-0.05, 0) is 38.8 Å². The number of hydrogen-bond donors (Lipinski definition) is 2. The highest BCUT2D eigenvalue weighted by molar-refractivity contribution is 14.0. The summed E-state index contributed by atoms with van der Waals surface area (Å²) in [4.78, 5) is 9.20. The summed E-state index contributed by atoms with van der Waals surface area (Å²) in [6.07, 6.45) is 2.48. The highest BCUT2D eigenvalue weighted by atomic mass is 127. The van der Waals surface area contributed by atoms with Crippen molar-refractivity contribution in [1.82, 2.24) is 15.6 Å². The second kappa shape index (κ2) is 11.2. The third-order valence-electron chi connectivity index (χ3n) is 4.20. The number of nitrogens with one attached hydrogen (secondary N) is 2. The molecule has 2 rings (SSSR count). The van der Waals surface area contributed by atoms with E-state index in [0.717, 1.165) is 30.2 Å². The van der Waals surface area contributed by atoms with Gasteiger partial charge in [0.15, 0.2) is 5.96 Å². The summed E-state index contributed by atoms with van der Waals surface area (Å²) in [5, 5.41) is 6.72. The van der Waals surface area contributed by atoms with E-state index >= 15 is 0 Å². The molecule has 2 N–H and O–H groups in total. The van der Waals surface area contributed by atoms with E-state index in [9.17, 15) is 0 Å². The summed E-state index contributed by atoms with van der Waals surface area (Å²) >= 11 is 0. The first-order chi connectivity index (χ1) is 12.0. The van der Waals surface area contributed by atoms with Gasteiger partial charge in [-0.1, -0.05) is 31.5 Å². The van der Waals surface area contributed by atoms with Gasteiger partial charge in [-0.25, -0.2) is 4.98 Å². The van der Waals surface area contributed by atoms with Crippen LogP contribution in [0.4, 0.5) is 0 Å². The quantitative estimate of drug-likeness (QED) is 0.358. The lowest BCUT2D eigenvalue weighted by Gasteiger charge is -2.20. The minimum atomic E-state index is 0. The molecule has 0 amide bonds. The Bertz CT molecular complexity index is 679. The number of hydrogen-bond acceptors (Lipinski definition) is 3. The van der Waals surface area contributed by atoms with Crippen molar-refractivity contribution in [2.75, 3.05) is 13.1 Å². The topological polar surface area (TPSA) is 62.5 Å². The Kier molecular flexibility index (Phi) is 9.69. The molecule has 1 aromatic heterocycles. The molecule has 26 heavy (non-hydrogen) atoms. The van der Waals surface area contributed by atoms with Crippen molar-refractivity contribution in [2.45, 2.75) is 47.1 Å². The van der Waals surface area contributed by atoms with E-state index in [1.165, 1.54) is 5.56 Å². The first-order valence-corrected chi connectivity index (χ1v) is 9.06. The first kappa shape index (κ1) is 22.5. The normalized spacial score (nSPS) is 12.6. The SMILES string of the molecule is CCNC(=NCCc1coc(-c2ccc(C)cc2)n1)NC(C)C(C)C.I. The molecule has 0 aliphatic carbocycles. The lowest BCUT2D eigenvalue weighted by molar-refractivity contribution is 0.481. The van der Waals surface area contributed by atoms with Gasteiger partial charge in [-0.15, -0.1) is 24.0 Å². The first-order valence-electron chi connectivity index (χ1n) is 9.06. The van der Waals surface area contributed by atoms with Crippen LogP contribution in [0.15, 0.2) is 39.9 Å². The van der Waals surface area contributed by atoms with Crippen molar-refractivity contribution in [2.24, 2.45) is 10.9 Å². The predicted octanol–water partition coefficient (Wildman–Crippen LogP) is 4.41. The zero-order chi connectivity index (χ0) is 18.2. The van der Waals surface area contributed by atoms with Gasteiger partial charge in [0, 0.05) is 31.1 Å². The second-order valence-corrected chi connectivity index (χ2v) is 6.70. The van der Waals surface area contributed by atoms with E-state index in [-0.39, 0.29) is 24.0 Å². The molecule has 0 fully saturated rings. The Morgan fingerprint density at radius 2 is 1.88 bits per heavy atom. The Morgan fingerprint density at radius 1 is 1.19 bits per heavy atom. The fourth-order valence-corrected chi connectivity index (χ4v) is 2.24. The molecule has 0 bridgehead atoms. The molecule has 1 unspecified atom stereocenters. The van der Waals surface area contributed by atoms with Crippen LogP contribution in [0.2, 0.25) is 0 Å². The molecule has 1 atom stereocenters. The Morgan fingerprint density at radius 3 is 2.50 bits per heavy atom. The summed E-state index contributed by atoms with van der Waals surface area (Å²) < 4.78 is 5.60. The van der Waals surface area contributed by atoms with Gasteiger partial charge in [0.25, 0.3) is 0 Å². The van der Waals surface area contributed by atoms with Crippen LogP contribution in [0.1, 0.15) is 39.0 Å². The van der Waals surface area contributed by atoms with Gasteiger partial charge >= 0.3 is 0 Å². The smallest absolute Gasteiger partial charge is 0.226 e. The molecule has 0 saturated heterocycles. The van der Waals surface area contributed by atoms with Crippen LogP contribution in [0, 0.1) is 12.8 Å². The average Bonchev–Trinajstić information content (AvgIpc) is 3.04. The zero-order valence-electron chi connectivity index (χ0n) is 16.4. The lowest BCUT2D eigenvalue weighted by Crippen LogP contribution is -2.44. The van der Waals surface area contributed by atoms with Crippen molar-refractivity contribution >= 4 is 29.9 Å². The summed E-state index contributed by atoms with van der Waals surface area (Å²) in [6, 6.07) is 8.56. The molecule has 6 heteroatoms. The van der Waals surface area contributed by atoms with Crippen molar-refractivity contribution < 1.29 is 4.42 Å². The van der Waals surface area contributed by atoms with Crippen LogP contribution in [0.5, 0.6) is 0 Å².